The van der Waals surface area contributed by atoms with Crippen LogP contribution in [0.5, 0.6) is 0 Å². The van der Waals surface area contributed by atoms with Gasteiger partial charge in [0.1, 0.15) is 22.9 Å². The van der Waals surface area contributed by atoms with Crippen LogP contribution in [0.2, 0.25) is 5.02 Å². The van der Waals surface area contributed by atoms with Gasteiger partial charge in [-0.2, -0.15) is 5.10 Å². The number of hydrogen-bond acceptors (Lipinski definition) is 5. The van der Waals surface area contributed by atoms with Gasteiger partial charge in [-0.25, -0.2) is 22.5 Å². The van der Waals surface area contributed by atoms with Crippen molar-refractivity contribution in [2.45, 2.75) is 11.3 Å². The summed E-state index contributed by atoms with van der Waals surface area (Å²) in [5.74, 6) is -0.229. The van der Waals surface area contributed by atoms with Crippen molar-refractivity contribution in [2.75, 3.05) is 12.3 Å². The van der Waals surface area contributed by atoms with E-state index in [0.29, 0.717) is 12.2 Å². The molecule has 0 saturated carbocycles. The van der Waals surface area contributed by atoms with E-state index in [0.717, 1.165) is 12.1 Å². The van der Waals surface area contributed by atoms with Crippen molar-refractivity contribution in [1.82, 2.24) is 19.9 Å². The molecule has 0 unspecified atom stereocenters. The Morgan fingerprint density at radius 2 is 2.20 bits per heavy atom. The highest BCUT2D eigenvalue weighted by Gasteiger charge is 2.19. The Morgan fingerprint density at radius 3 is 2.85 bits per heavy atom. The molecule has 0 aliphatic rings. The van der Waals surface area contributed by atoms with Crippen molar-refractivity contribution >= 4 is 27.3 Å². The molecule has 0 saturated heterocycles. The Kier molecular flexibility index (Phi) is 4.21. The minimum atomic E-state index is -3.87. The van der Waals surface area contributed by atoms with Gasteiger partial charge in [0, 0.05) is 13.0 Å². The Labute approximate surface area is 119 Å². The van der Waals surface area contributed by atoms with E-state index in [2.05, 4.69) is 19.9 Å². The smallest absolute Gasteiger partial charge is 0.242 e. The van der Waals surface area contributed by atoms with E-state index in [9.17, 15) is 12.8 Å². The van der Waals surface area contributed by atoms with Crippen molar-refractivity contribution in [1.29, 1.82) is 0 Å². The van der Waals surface area contributed by atoms with Gasteiger partial charge in [0.15, 0.2) is 0 Å². The highest BCUT2D eigenvalue weighted by atomic mass is 35.5. The van der Waals surface area contributed by atoms with Gasteiger partial charge in [-0.3, -0.25) is 5.10 Å². The third kappa shape index (κ3) is 3.24. The first-order valence-electron chi connectivity index (χ1n) is 5.48. The first-order valence-corrected chi connectivity index (χ1v) is 7.34. The summed E-state index contributed by atoms with van der Waals surface area (Å²) in [5.41, 5.74) is 5.06. The standard InChI is InChI=1S/C10H11ClFN5O2S/c11-6-3-7(12)8(13)4-9(6)20(18,19)16-2-1-10-14-5-15-17-10/h3-5,16H,1-2,13H2,(H,14,15,17). The largest absolute Gasteiger partial charge is 0.396 e. The highest BCUT2D eigenvalue weighted by molar-refractivity contribution is 7.89. The molecule has 0 fully saturated rings. The zero-order valence-electron chi connectivity index (χ0n) is 10.1. The Bertz CT molecular complexity index is 705. The van der Waals surface area contributed by atoms with E-state index < -0.39 is 15.8 Å². The topological polar surface area (TPSA) is 114 Å². The van der Waals surface area contributed by atoms with Gasteiger partial charge in [-0.1, -0.05) is 11.6 Å². The number of benzene rings is 1. The van der Waals surface area contributed by atoms with Crippen LogP contribution in [0, 0.1) is 5.82 Å². The molecule has 0 bridgehead atoms. The molecule has 10 heteroatoms. The zero-order valence-corrected chi connectivity index (χ0v) is 11.7. The van der Waals surface area contributed by atoms with Crippen LogP contribution in [-0.2, 0) is 16.4 Å². The monoisotopic (exact) mass is 319 g/mol. The van der Waals surface area contributed by atoms with Crippen LogP contribution in [0.3, 0.4) is 0 Å². The SMILES string of the molecule is Nc1cc(S(=O)(=O)NCCc2ncn[nH]2)c(Cl)cc1F. The first kappa shape index (κ1) is 14.7. The summed E-state index contributed by atoms with van der Waals surface area (Å²) < 4.78 is 39.5. The number of nitrogens with one attached hydrogen (secondary N) is 2. The molecule has 0 aliphatic carbocycles. The molecule has 1 aromatic carbocycles. The lowest BCUT2D eigenvalue weighted by atomic mass is 10.3. The van der Waals surface area contributed by atoms with Gasteiger partial charge in [-0.05, 0) is 12.1 Å². The number of hydrogen-bond donors (Lipinski definition) is 3. The predicted octanol–water partition coefficient (Wildman–Crippen LogP) is 0.700. The second kappa shape index (κ2) is 5.73. The third-order valence-electron chi connectivity index (χ3n) is 2.46. The first-order chi connectivity index (χ1) is 9.40. The van der Waals surface area contributed by atoms with Gasteiger partial charge in [0.2, 0.25) is 10.0 Å². The van der Waals surface area contributed by atoms with Gasteiger partial charge in [0.25, 0.3) is 0 Å². The van der Waals surface area contributed by atoms with Crippen molar-refractivity contribution in [2.24, 2.45) is 0 Å². The number of sulfonamides is 1. The van der Waals surface area contributed by atoms with Crippen LogP contribution in [0.25, 0.3) is 0 Å². The molecule has 108 valence electrons. The van der Waals surface area contributed by atoms with E-state index in [4.69, 9.17) is 17.3 Å². The number of nitrogens with zero attached hydrogens (tertiary/aromatic N) is 2. The van der Waals surface area contributed by atoms with Crippen LogP contribution < -0.4 is 10.5 Å². The van der Waals surface area contributed by atoms with E-state index >= 15 is 0 Å². The zero-order chi connectivity index (χ0) is 14.8. The Morgan fingerprint density at radius 1 is 1.45 bits per heavy atom. The highest BCUT2D eigenvalue weighted by Crippen LogP contribution is 2.26. The Hall–Kier alpha value is -1.71. The molecule has 2 aromatic rings. The summed E-state index contributed by atoms with van der Waals surface area (Å²) in [7, 11) is -3.87. The molecule has 4 N–H and O–H groups in total. The van der Waals surface area contributed by atoms with Crippen molar-refractivity contribution < 1.29 is 12.8 Å². The maximum absolute atomic E-state index is 13.1. The molecule has 0 radical (unpaired) electrons. The molecule has 20 heavy (non-hydrogen) atoms. The average Bonchev–Trinajstić information content (AvgIpc) is 2.86. The molecule has 7 nitrogen and oxygen atoms in total. The minimum absolute atomic E-state index is 0.0884. The van der Waals surface area contributed by atoms with Gasteiger partial charge in [-0.15, -0.1) is 0 Å². The molecule has 0 aliphatic heterocycles. The number of nitrogens with two attached hydrogens (primary N) is 1. The normalized spacial score (nSPS) is 11.7. The van der Waals surface area contributed by atoms with Gasteiger partial charge < -0.3 is 5.73 Å². The fourth-order valence-electron chi connectivity index (χ4n) is 1.48. The summed E-state index contributed by atoms with van der Waals surface area (Å²) in [6.07, 6.45) is 1.65. The summed E-state index contributed by atoms with van der Waals surface area (Å²) in [6, 6.07) is 1.84. The number of halogens is 2. The van der Waals surface area contributed by atoms with Gasteiger partial charge in [0.05, 0.1) is 10.7 Å². The minimum Gasteiger partial charge on any atom is -0.396 e. The number of nitrogen functional groups attached to an aromatic ring is 1. The maximum atomic E-state index is 13.1. The van der Waals surface area contributed by atoms with Crippen LogP contribution >= 0.6 is 11.6 Å². The summed E-state index contributed by atoms with van der Waals surface area (Å²) in [5, 5.41) is 6.01. The summed E-state index contributed by atoms with van der Waals surface area (Å²) in [6.45, 7) is 0.0884. The molecule has 1 heterocycles. The quantitative estimate of drug-likeness (QED) is 0.702. The maximum Gasteiger partial charge on any atom is 0.242 e. The van der Waals surface area contributed by atoms with E-state index in [1.54, 1.807) is 0 Å². The Balaban J connectivity index is 2.12. The van der Waals surface area contributed by atoms with Crippen LogP contribution in [0.1, 0.15) is 5.82 Å². The molecule has 2 rings (SSSR count). The molecular weight excluding hydrogens is 309 g/mol. The molecule has 0 amide bonds. The average molecular weight is 320 g/mol. The summed E-state index contributed by atoms with van der Waals surface area (Å²) in [4.78, 5) is 3.59. The second-order valence-corrected chi connectivity index (χ2v) is 6.03. The predicted molar refractivity (Wildman–Crippen MR) is 71.1 cm³/mol. The van der Waals surface area contributed by atoms with Crippen molar-refractivity contribution in [3.63, 3.8) is 0 Å². The van der Waals surface area contributed by atoms with Crippen molar-refractivity contribution in [3.05, 3.63) is 35.1 Å². The van der Waals surface area contributed by atoms with E-state index in [1.165, 1.54) is 6.33 Å². The number of H-pyrrole nitrogens is 1. The van der Waals surface area contributed by atoms with Gasteiger partial charge >= 0.3 is 0 Å². The van der Waals surface area contributed by atoms with Crippen LogP contribution in [-0.4, -0.2) is 30.1 Å². The van der Waals surface area contributed by atoms with Crippen molar-refractivity contribution in [3.8, 4) is 0 Å². The lowest BCUT2D eigenvalue weighted by Crippen LogP contribution is -2.26. The fourth-order valence-corrected chi connectivity index (χ4v) is 3.06. The molecular formula is C10H11ClFN5O2S. The number of rotatable bonds is 5. The molecule has 1 aromatic heterocycles. The van der Waals surface area contributed by atoms with E-state index in [1.807, 2.05) is 0 Å². The molecule has 0 atom stereocenters. The third-order valence-corrected chi connectivity index (χ3v) is 4.39. The number of aromatic amines is 1. The fraction of sp³-hybridized carbons (Fsp3) is 0.200. The van der Waals surface area contributed by atoms with Crippen LogP contribution in [0.4, 0.5) is 10.1 Å². The summed E-state index contributed by atoms with van der Waals surface area (Å²) >= 11 is 5.72. The lowest BCUT2D eigenvalue weighted by Gasteiger charge is -2.09. The van der Waals surface area contributed by atoms with Crippen LogP contribution in [0.15, 0.2) is 23.4 Å². The number of anilines is 1. The second-order valence-electron chi connectivity index (χ2n) is 3.88. The number of aromatic nitrogens is 3. The van der Waals surface area contributed by atoms with E-state index in [-0.39, 0.29) is 22.2 Å². The lowest BCUT2D eigenvalue weighted by molar-refractivity contribution is 0.580. The molecule has 0 spiro atoms.